The van der Waals surface area contributed by atoms with Crippen molar-refractivity contribution >= 4 is 34.9 Å². The van der Waals surface area contributed by atoms with Gasteiger partial charge in [0, 0.05) is 64.9 Å². The number of hydrogen-bond donors (Lipinski definition) is 1. The van der Waals surface area contributed by atoms with E-state index in [0.29, 0.717) is 52.2 Å². The summed E-state index contributed by atoms with van der Waals surface area (Å²) in [5.74, 6) is 0.00386. The van der Waals surface area contributed by atoms with Crippen LogP contribution in [0.1, 0.15) is 27.0 Å². The smallest absolute Gasteiger partial charge is 0.253 e. The highest BCUT2D eigenvalue weighted by atomic mass is 35.5. The Kier molecular flexibility index (Phi) is 7.67. The fraction of sp³-hybridized carbons (Fsp3) is 0.200. The Morgan fingerprint density at radius 3 is 2.49 bits per heavy atom. The molecule has 1 amide bonds. The second kappa shape index (κ2) is 11.3. The van der Waals surface area contributed by atoms with Crippen molar-refractivity contribution in [2.45, 2.75) is 6.54 Å². The molecule has 9 heteroatoms. The third kappa shape index (κ3) is 5.82. The lowest BCUT2D eigenvalue weighted by Crippen LogP contribution is -2.33. The molecule has 0 unspecified atom stereocenters. The number of amides is 1. The van der Waals surface area contributed by atoms with E-state index in [9.17, 15) is 9.18 Å². The molecule has 0 atom stereocenters. The van der Waals surface area contributed by atoms with Crippen LogP contribution in [0.4, 0.5) is 16.0 Å². The van der Waals surface area contributed by atoms with Crippen LogP contribution in [0.3, 0.4) is 0 Å². The van der Waals surface area contributed by atoms with Crippen LogP contribution < -0.4 is 5.32 Å². The van der Waals surface area contributed by atoms with E-state index >= 15 is 0 Å². The first kappa shape index (κ1) is 26.5. The molecule has 0 bridgehead atoms. The number of anilines is 2. The Labute approximate surface area is 232 Å². The molecule has 1 N–H and O–H groups in total. The summed E-state index contributed by atoms with van der Waals surface area (Å²) in [5.41, 5.74) is 5.29. The molecule has 0 saturated heterocycles. The van der Waals surface area contributed by atoms with Crippen molar-refractivity contribution in [2.24, 2.45) is 4.99 Å². The van der Waals surface area contributed by atoms with E-state index in [1.165, 1.54) is 6.07 Å². The lowest BCUT2D eigenvalue weighted by atomic mass is 9.95. The minimum atomic E-state index is -0.354. The summed E-state index contributed by atoms with van der Waals surface area (Å²) in [4.78, 5) is 30.5. The average Bonchev–Trinajstić information content (AvgIpc) is 3.08. The van der Waals surface area contributed by atoms with Gasteiger partial charge in [0.05, 0.1) is 18.0 Å². The first-order valence-corrected chi connectivity index (χ1v) is 12.9. The first-order chi connectivity index (χ1) is 18.8. The summed E-state index contributed by atoms with van der Waals surface area (Å²) in [7, 11) is 5.76. The van der Waals surface area contributed by atoms with E-state index in [1.807, 2.05) is 37.2 Å². The van der Waals surface area contributed by atoms with Crippen molar-refractivity contribution in [2.75, 3.05) is 39.5 Å². The van der Waals surface area contributed by atoms with Gasteiger partial charge in [-0.25, -0.2) is 14.4 Å². The van der Waals surface area contributed by atoms with Gasteiger partial charge in [-0.2, -0.15) is 0 Å². The second-order valence-corrected chi connectivity index (χ2v) is 10.1. The third-order valence-electron chi connectivity index (χ3n) is 6.51. The second-order valence-electron chi connectivity index (χ2n) is 9.63. The maximum atomic E-state index is 14.8. The quantitative estimate of drug-likeness (QED) is 0.326. The fourth-order valence-electron chi connectivity index (χ4n) is 4.36. The molecule has 4 aromatic rings. The molecule has 0 radical (unpaired) electrons. The summed E-state index contributed by atoms with van der Waals surface area (Å²) < 4.78 is 14.8. The van der Waals surface area contributed by atoms with Crippen LogP contribution in [0.5, 0.6) is 0 Å². The van der Waals surface area contributed by atoms with Crippen LogP contribution >= 0.6 is 11.6 Å². The highest BCUT2D eigenvalue weighted by molar-refractivity contribution is 6.31. The van der Waals surface area contributed by atoms with Gasteiger partial charge in [-0.3, -0.25) is 9.79 Å². The molecule has 0 aliphatic carbocycles. The lowest BCUT2D eigenvalue weighted by molar-refractivity contribution is 0.0786. The number of aromatic nitrogens is 2. The van der Waals surface area contributed by atoms with Crippen molar-refractivity contribution < 1.29 is 9.18 Å². The number of fused-ring (bicyclic) bond motifs is 3. The molecular formula is C30H28ClFN6O. The van der Waals surface area contributed by atoms with E-state index in [0.717, 1.165) is 23.4 Å². The Morgan fingerprint density at radius 1 is 0.974 bits per heavy atom. The van der Waals surface area contributed by atoms with Crippen molar-refractivity contribution in [3.63, 3.8) is 0 Å². The zero-order valence-electron chi connectivity index (χ0n) is 21.9. The number of rotatable bonds is 7. The predicted molar refractivity (Wildman–Crippen MR) is 153 cm³/mol. The number of carbonyl (C=O) groups excluding carboxylic acids is 1. The lowest BCUT2D eigenvalue weighted by Gasteiger charge is -2.19. The molecular weight excluding hydrogens is 515 g/mol. The van der Waals surface area contributed by atoms with Gasteiger partial charge < -0.3 is 15.1 Å². The maximum absolute atomic E-state index is 14.8. The topological polar surface area (TPSA) is 73.7 Å². The van der Waals surface area contributed by atoms with Crippen molar-refractivity contribution in [1.82, 2.24) is 19.8 Å². The highest BCUT2D eigenvalue weighted by Crippen LogP contribution is 2.34. The summed E-state index contributed by atoms with van der Waals surface area (Å²) in [6.07, 6.45) is 1.73. The number of carbonyl (C=O) groups is 1. The van der Waals surface area contributed by atoms with Gasteiger partial charge in [0.15, 0.2) is 0 Å². The van der Waals surface area contributed by atoms with E-state index in [-0.39, 0.29) is 11.7 Å². The van der Waals surface area contributed by atoms with Crippen molar-refractivity contribution in [3.05, 3.63) is 106 Å². The van der Waals surface area contributed by atoms with Gasteiger partial charge in [0.25, 0.3) is 5.91 Å². The number of nitrogens with zero attached hydrogens (tertiary/aromatic N) is 5. The highest BCUT2D eigenvalue weighted by Gasteiger charge is 2.23. The Balaban J connectivity index is 1.42. The van der Waals surface area contributed by atoms with Crippen LogP contribution in [0.2, 0.25) is 5.02 Å². The van der Waals surface area contributed by atoms with Crippen LogP contribution in [-0.4, -0.2) is 65.6 Å². The molecule has 5 rings (SSSR count). The van der Waals surface area contributed by atoms with Crippen LogP contribution in [0, 0.1) is 5.82 Å². The van der Waals surface area contributed by atoms with Gasteiger partial charge >= 0.3 is 0 Å². The molecule has 39 heavy (non-hydrogen) atoms. The number of nitrogens with one attached hydrogen (secondary N) is 1. The zero-order valence-corrected chi connectivity index (χ0v) is 22.7. The van der Waals surface area contributed by atoms with Gasteiger partial charge in [-0.1, -0.05) is 29.8 Å². The predicted octanol–water partition coefficient (Wildman–Crippen LogP) is 5.66. The van der Waals surface area contributed by atoms with E-state index in [4.69, 9.17) is 21.6 Å². The largest absolute Gasteiger partial charge is 0.340 e. The number of likely N-dealkylation sites (N-methyl/N-ethyl adjacent to an activating group) is 2. The maximum Gasteiger partial charge on any atom is 0.253 e. The monoisotopic (exact) mass is 542 g/mol. The normalized spacial score (nSPS) is 12.3. The minimum Gasteiger partial charge on any atom is -0.340 e. The molecule has 3 aromatic carbocycles. The fourth-order valence-corrected chi connectivity index (χ4v) is 4.54. The van der Waals surface area contributed by atoms with Gasteiger partial charge in [0.2, 0.25) is 5.95 Å². The summed E-state index contributed by atoms with van der Waals surface area (Å²) in [6.45, 7) is 1.73. The third-order valence-corrected chi connectivity index (χ3v) is 6.75. The molecule has 0 spiro atoms. The summed E-state index contributed by atoms with van der Waals surface area (Å²) in [6, 6.07) is 19.2. The number of halogens is 2. The molecule has 7 nitrogen and oxygen atoms in total. The Hall–Kier alpha value is -4.14. The molecule has 198 valence electrons. The van der Waals surface area contributed by atoms with Crippen LogP contribution in [0.25, 0.3) is 11.3 Å². The van der Waals surface area contributed by atoms with Crippen molar-refractivity contribution in [1.29, 1.82) is 0 Å². The van der Waals surface area contributed by atoms with Crippen LogP contribution in [-0.2, 0) is 6.54 Å². The molecule has 1 aliphatic rings. The molecule has 0 saturated carbocycles. The minimum absolute atomic E-state index is 0.0365. The van der Waals surface area contributed by atoms with Crippen LogP contribution in [0.15, 0.2) is 77.9 Å². The molecule has 0 fully saturated rings. The van der Waals surface area contributed by atoms with E-state index < -0.39 is 0 Å². The Bertz CT molecular complexity index is 1550. The summed E-state index contributed by atoms with van der Waals surface area (Å²) in [5, 5.41) is 3.75. The SMILES string of the molecule is CN(C)CCN(C)C(=O)c1ccc(Nc2ncc3c(n2)-c2ccc(Cl)cc2C(c2ccccc2F)=NC3)cc1. The Morgan fingerprint density at radius 2 is 1.74 bits per heavy atom. The standard InChI is InChI=1S/C30H28ClFN6O/c1-37(2)14-15-38(3)29(39)19-8-11-22(12-9-19)35-30-34-18-20-17-33-28(24-6-4-5-7-26(24)32)25-16-21(31)10-13-23(25)27(20)36-30/h4-13,16,18H,14-15,17H2,1-3H3,(H,34,35,36). The molecule has 2 heterocycles. The summed E-state index contributed by atoms with van der Waals surface area (Å²) >= 11 is 6.35. The number of benzene rings is 3. The average molecular weight is 543 g/mol. The van der Waals surface area contributed by atoms with Crippen molar-refractivity contribution in [3.8, 4) is 11.3 Å². The van der Waals surface area contributed by atoms with Gasteiger partial charge in [-0.05, 0) is 62.6 Å². The molecule has 1 aliphatic heterocycles. The van der Waals surface area contributed by atoms with Gasteiger partial charge in [0.1, 0.15) is 5.82 Å². The molecule has 1 aromatic heterocycles. The van der Waals surface area contributed by atoms with E-state index in [1.54, 1.807) is 60.6 Å². The number of aliphatic imine (C=N–C) groups is 1. The number of hydrogen-bond acceptors (Lipinski definition) is 6. The van der Waals surface area contributed by atoms with E-state index in [2.05, 4.69) is 10.3 Å². The van der Waals surface area contributed by atoms with Gasteiger partial charge in [-0.15, -0.1) is 0 Å². The zero-order chi connectivity index (χ0) is 27.5. The first-order valence-electron chi connectivity index (χ1n) is 12.5.